The molecule has 1 heterocycles. The largest absolute Gasteiger partial charge is 0.376 e. The van der Waals surface area contributed by atoms with Crippen LogP contribution in [0.3, 0.4) is 0 Å². The van der Waals surface area contributed by atoms with E-state index >= 15 is 0 Å². The first-order valence-electron chi connectivity index (χ1n) is 8.54. The second kappa shape index (κ2) is 6.62. The molecular weight excluding hydrogens is 296 g/mol. The van der Waals surface area contributed by atoms with E-state index in [0.29, 0.717) is 5.92 Å². The molecule has 0 bridgehead atoms. The number of hydrogen-bond donors (Lipinski definition) is 1. The van der Waals surface area contributed by atoms with Crippen LogP contribution in [0.25, 0.3) is 11.1 Å². The highest BCUT2D eigenvalue weighted by atomic mass is 16.5. The molecule has 1 aliphatic carbocycles. The molecule has 2 atom stereocenters. The molecule has 4 rings (SSSR count). The summed E-state index contributed by atoms with van der Waals surface area (Å²) in [5.41, 5.74) is 6.24. The van der Waals surface area contributed by atoms with Crippen molar-refractivity contribution in [3.05, 3.63) is 77.9 Å². The molecule has 0 saturated heterocycles. The Morgan fingerprint density at radius 2 is 1.79 bits per heavy atom. The number of imidazole rings is 1. The number of nitrogens with zero attached hydrogens (tertiary/aromatic N) is 1. The number of hydrogen-bond acceptors (Lipinski definition) is 2. The number of aromatic nitrogens is 2. The standard InChI is InChI=1S/C21H22N2O/c1-24-21(18-11-12-19-20(13-18)23-14-22-19)17-9-7-16(8-10-17)15-5-3-2-4-6-15/h2-10,14,18,21H,11-13H2,1H3,(H,22,23). The predicted molar refractivity (Wildman–Crippen MR) is 95.7 cm³/mol. The SMILES string of the molecule is COC(c1ccc(-c2ccccc2)cc1)C1CCc2nc[nH]c2C1. The lowest BCUT2D eigenvalue weighted by molar-refractivity contribution is 0.0447. The molecule has 2 unspecified atom stereocenters. The third-order valence-corrected chi connectivity index (χ3v) is 5.05. The summed E-state index contributed by atoms with van der Waals surface area (Å²) in [5, 5.41) is 0. The lowest BCUT2D eigenvalue weighted by Crippen LogP contribution is -2.22. The van der Waals surface area contributed by atoms with Crippen LogP contribution < -0.4 is 0 Å². The van der Waals surface area contributed by atoms with Crippen molar-refractivity contribution in [2.45, 2.75) is 25.4 Å². The van der Waals surface area contributed by atoms with E-state index in [9.17, 15) is 0 Å². The van der Waals surface area contributed by atoms with Crippen molar-refractivity contribution in [2.75, 3.05) is 7.11 Å². The zero-order valence-corrected chi connectivity index (χ0v) is 13.9. The quantitative estimate of drug-likeness (QED) is 0.765. The van der Waals surface area contributed by atoms with Gasteiger partial charge in [0.25, 0.3) is 0 Å². The van der Waals surface area contributed by atoms with Crippen LogP contribution in [-0.4, -0.2) is 17.1 Å². The fourth-order valence-electron chi connectivity index (χ4n) is 3.78. The predicted octanol–water partition coefficient (Wildman–Crippen LogP) is 4.57. The minimum Gasteiger partial charge on any atom is -0.376 e. The fraction of sp³-hybridized carbons (Fsp3) is 0.286. The van der Waals surface area contributed by atoms with E-state index in [-0.39, 0.29) is 6.10 Å². The number of methoxy groups -OCH3 is 1. The van der Waals surface area contributed by atoms with Crippen LogP contribution >= 0.6 is 0 Å². The van der Waals surface area contributed by atoms with Crippen molar-refractivity contribution < 1.29 is 4.74 Å². The molecule has 0 spiro atoms. The van der Waals surface area contributed by atoms with Crippen molar-refractivity contribution in [2.24, 2.45) is 5.92 Å². The molecule has 0 fully saturated rings. The number of aromatic amines is 1. The smallest absolute Gasteiger partial charge is 0.0925 e. The van der Waals surface area contributed by atoms with Crippen molar-refractivity contribution in [1.29, 1.82) is 0 Å². The first kappa shape index (κ1) is 15.2. The molecule has 1 aliphatic rings. The van der Waals surface area contributed by atoms with E-state index in [2.05, 4.69) is 58.5 Å². The Morgan fingerprint density at radius 1 is 1.04 bits per heavy atom. The Hall–Kier alpha value is -2.39. The van der Waals surface area contributed by atoms with Gasteiger partial charge >= 0.3 is 0 Å². The zero-order chi connectivity index (χ0) is 16.4. The van der Waals surface area contributed by atoms with Gasteiger partial charge in [0.1, 0.15) is 0 Å². The number of rotatable bonds is 4. The Morgan fingerprint density at radius 3 is 2.54 bits per heavy atom. The summed E-state index contributed by atoms with van der Waals surface area (Å²) in [7, 11) is 1.82. The van der Waals surface area contributed by atoms with Crippen LogP contribution in [0.15, 0.2) is 60.9 Å². The summed E-state index contributed by atoms with van der Waals surface area (Å²) in [4.78, 5) is 7.68. The van der Waals surface area contributed by atoms with Crippen molar-refractivity contribution in [1.82, 2.24) is 9.97 Å². The molecule has 0 aliphatic heterocycles. The fourth-order valence-corrected chi connectivity index (χ4v) is 3.78. The molecular formula is C21H22N2O. The molecule has 0 amide bonds. The van der Waals surface area contributed by atoms with Gasteiger partial charge in [-0.15, -0.1) is 0 Å². The van der Waals surface area contributed by atoms with E-state index in [1.165, 1.54) is 28.1 Å². The molecule has 0 saturated carbocycles. The highest BCUT2D eigenvalue weighted by molar-refractivity contribution is 5.63. The van der Waals surface area contributed by atoms with Gasteiger partial charge in [-0.05, 0) is 41.9 Å². The van der Waals surface area contributed by atoms with Gasteiger partial charge in [0, 0.05) is 12.8 Å². The number of ether oxygens (including phenoxy) is 1. The molecule has 1 aromatic heterocycles. The molecule has 122 valence electrons. The van der Waals surface area contributed by atoms with Crippen molar-refractivity contribution >= 4 is 0 Å². The normalized spacial score (nSPS) is 18.1. The molecule has 1 N–H and O–H groups in total. The number of fused-ring (bicyclic) bond motifs is 1. The van der Waals surface area contributed by atoms with Gasteiger partial charge in [-0.1, -0.05) is 54.6 Å². The van der Waals surface area contributed by atoms with Gasteiger partial charge in [0.15, 0.2) is 0 Å². The molecule has 2 aromatic carbocycles. The summed E-state index contributed by atoms with van der Waals surface area (Å²) in [6.07, 6.45) is 5.10. The summed E-state index contributed by atoms with van der Waals surface area (Å²) in [6, 6.07) is 19.3. The second-order valence-electron chi connectivity index (χ2n) is 6.47. The molecule has 24 heavy (non-hydrogen) atoms. The minimum atomic E-state index is 0.131. The summed E-state index contributed by atoms with van der Waals surface area (Å²) >= 11 is 0. The van der Waals surface area contributed by atoms with E-state index in [0.717, 1.165) is 19.3 Å². The van der Waals surface area contributed by atoms with E-state index in [4.69, 9.17) is 4.74 Å². The van der Waals surface area contributed by atoms with Crippen molar-refractivity contribution in [3.63, 3.8) is 0 Å². The summed E-state index contributed by atoms with van der Waals surface area (Å²) < 4.78 is 5.88. The monoisotopic (exact) mass is 318 g/mol. The first-order valence-corrected chi connectivity index (χ1v) is 8.54. The number of aryl methyl sites for hydroxylation is 1. The van der Waals surface area contributed by atoms with Gasteiger partial charge in [0.05, 0.1) is 18.1 Å². The highest BCUT2D eigenvalue weighted by Gasteiger charge is 2.28. The number of nitrogens with one attached hydrogen (secondary N) is 1. The van der Waals surface area contributed by atoms with Crippen LogP contribution in [0.1, 0.15) is 29.5 Å². The van der Waals surface area contributed by atoms with E-state index in [1.807, 2.05) is 19.5 Å². The van der Waals surface area contributed by atoms with Gasteiger partial charge in [-0.3, -0.25) is 0 Å². The minimum absolute atomic E-state index is 0.131. The lowest BCUT2D eigenvalue weighted by Gasteiger charge is -2.29. The third kappa shape index (κ3) is 2.87. The molecule has 3 aromatic rings. The summed E-state index contributed by atoms with van der Waals surface area (Å²) in [5.74, 6) is 0.491. The van der Waals surface area contributed by atoms with Crippen LogP contribution in [0.4, 0.5) is 0 Å². The van der Waals surface area contributed by atoms with Gasteiger partial charge < -0.3 is 9.72 Å². The molecule has 3 heteroatoms. The third-order valence-electron chi connectivity index (χ3n) is 5.05. The second-order valence-corrected chi connectivity index (χ2v) is 6.47. The van der Waals surface area contributed by atoms with Crippen LogP contribution in [0.5, 0.6) is 0 Å². The number of H-pyrrole nitrogens is 1. The molecule has 3 nitrogen and oxygen atoms in total. The Labute approximate surface area is 142 Å². The average molecular weight is 318 g/mol. The average Bonchev–Trinajstić information content (AvgIpc) is 3.12. The van der Waals surface area contributed by atoms with E-state index in [1.54, 1.807) is 0 Å². The van der Waals surface area contributed by atoms with E-state index < -0.39 is 0 Å². The maximum atomic E-state index is 5.88. The van der Waals surface area contributed by atoms with Crippen LogP contribution in [-0.2, 0) is 17.6 Å². The van der Waals surface area contributed by atoms with Crippen LogP contribution in [0.2, 0.25) is 0 Å². The zero-order valence-electron chi connectivity index (χ0n) is 13.9. The Kier molecular flexibility index (Phi) is 4.18. The Balaban J connectivity index is 1.55. The maximum Gasteiger partial charge on any atom is 0.0925 e. The molecule has 0 radical (unpaired) electrons. The van der Waals surface area contributed by atoms with Gasteiger partial charge in [0.2, 0.25) is 0 Å². The topological polar surface area (TPSA) is 37.9 Å². The van der Waals surface area contributed by atoms with Crippen LogP contribution in [0, 0.1) is 5.92 Å². The maximum absolute atomic E-state index is 5.88. The Bertz CT molecular complexity index is 792. The summed E-state index contributed by atoms with van der Waals surface area (Å²) in [6.45, 7) is 0. The van der Waals surface area contributed by atoms with Gasteiger partial charge in [-0.25, -0.2) is 4.98 Å². The van der Waals surface area contributed by atoms with Gasteiger partial charge in [-0.2, -0.15) is 0 Å². The number of benzene rings is 2. The highest BCUT2D eigenvalue weighted by Crippen LogP contribution is 2.35. The van der Waals surface area contributed by atoms with Crippen molar-refractivity contribution in [3.8, 4) is 11.1 Å². The first-order chi connectivity index (χ1) is 11.8. The lowest BCUT2D eigenvalue weighted by atomic mass is 9.82.